The second-order valence-electron chi connectivity index (χ2n) is 5.81. The summed E-state index contributed by atoms with van der Waals surface area (Å²) in [6, 6.07) is -1.03. The Labute approximate surface area is 131 Å². The number of nitrogens with one attached hydrogen (secondary N) is 1. The lowest BCUT2D eigenvalue weighted by molar-refractivity contribution is -0.139. The van der Waals surface area contributed by atoms with Crippen LogP contribution in [0.5, 0.6) is 0 Å². The summed E-state index contributed by atoms with van der Waals surface area (Å²) in [5.41, 5.74) is 0. The Kier molecular flexibility index (Phi) is 7.88. The third-order valence-electron chi connectivity index (χ3n) is 3.73. The number of nitrogens with zero attached hydrogens (tertiary/aromatic N) is 2. The highest BCUT2D eigenvalue weighted by Gasteiger charge is 2.26. The van der Waals surface area contributed by atoms with Crippen molar-refractivity contribution in [3.63, 3.8) is 0 Å². The summed E-state index contributed by atoms with van der Waals surface area (Å²) in [4.78, 5) is 27.2. The predicted molar refractivity (Wildman–Crippen MR) is 85.8 cm³/mol. The van der Waals surface area contributed by atoms with Gasteiger partial charge in [-0.05, 0) is 51.3 Å². The van der Waals surface area contributed by atoms with Crippen molar-refractivity contribution in [1.82, 2.24) is 15.1 Å². The Balaban J connectivity index is 2.40. The number of aliphatic carboxylic acids is 1. The second-order valence-corrected chi connectivity index (χ2v) is 6.80. The number of hydrogen-bond acceptors (Lipinski definition) is 4. The van der Waals surface area contributed by atoms with Crippen LogP contribution >= 0.6 is 11.8 Å². The van der Waals surface area contributed by atoms with Crippen LogP contribution in [0.25, 0.3) is 0 Å². The summed E-state index contributed by atoms with van der Waals surface area (Å²) < 4.78 is 0. The van der Waals surface area contributed by atoms with Crippen molar-refractivity contribution in [3.8, 4) is 0 Å². The molecule has 1 atom stereocenters. The van der Waals surface area contributed by atoms with Gasteiger partial charge in [-0.25, -0.2) is 9.59 Å². The topological polar surface area (TPSA) is 72.9 Å². The fraction of sp³-hybridized carbons (Fsp3) is 0.857. The van der Waals surface area contributed by atoms with Crippen LogP contribution in [0.15, 0.2) is 0 Å². The van der Waals surface area contributed by atoms with Crippen molar-refractivity contribution >= 4 is 23.8 Å². The molecule has 0 spiro atoms. The van der Waals surface area contributed by atoms with Crippen LogP contribution in [0.2, 0.25) is 0 Å². The van der Waals surface area contributed by atoms with E-state index < -0.39 is 12.0 Å². The molecule has 0 aromatic heterocycles. The van der Waals surface area contributed by atoms with Gasteiger partial charge in [-0.15, -0.1) is 0 Å². The Morgan fingerprint density at radius 1 is 1.38 bits per heavy atom. The fourth-order valence-electron chi connectivity index (χ4n) is 2.57. The maximum Gasteiger partial charge on any atom is 0.326 e. The number of carboxylic acids is 1. The largest absolute Gasteiger partial charge is 0.480 e. The first-order valence-electron chi connectivity index (χ1n) is 7.36. The molecule has 0 saturated carbocycles. The van der Waals surface area contributed by atoms with Gasteiger partial charge in [0.05, 0.1) is 0 Å². The lowest BCUT2D eigenvalue weighted by Crippen LogP contribution is -2.50. The number of carboxylic acid groups (broad SMARTS) is 1. The molecular formula is C14H27N3O3S. The summed E-state index contributed by atoms with van der Waals surface area (Å²) >= 11 is 1.58. The number of hydrogen-bond donors (Lipinski definition) is 2. The molecule has 0 bridgehead atoms. The minimum absolute atomic E-state index is 0.244. The maximum atomic E-state index is 12.1. The molecule has 1 fully saturated rings. The number of carbonyl (C=O) groups excluding carboxylic acids is 1. The van der Waals surface area contributed by atoms with Crippen molar-refractivity contribution in [2.24, 2.45) is 5.92 Å². The van der Waals surface area contributed by atoms with Crippen molar-refractivity contribution < 1.29 is 14.7 Å². The zero-order chi connectivity index (χ0) is 15.8. The highest BCUT2D eigenvalue weighted by molar-refractivity contribution is 7.98. The zero-order valence-corrected chi connectivity index (χ0v) is 14.0. The molecule has 2 amide bonds. The molecule has 1 aliphatic rings. The number of piperidine rings is 1. The van der Waals surface area contributed by atoms with Crippen molar-refractivity contribution in [2.45, 2.75) is 25.3 Å². The number of amides is 2. The van der Waals surface area contributed by atoms with E-state index in [9.17, 15) is 9.59 Å². The fourth-order valence-corrected chi connectivity index (χ4v) is 3.04. The molecule has 0 radical (unpaired) electrons. The van der Waals surface area contributed by atoms with E-state index in [1.165, 1.54) is 0 Å². The second kappa shape index (κ2) is 9.15. The normalized spacial score (nSPS) is 17.8. The van der Waals surface area contributed by atoms with Crippen LogP contribution in [-0.2, 0) is 4.79 Å². The first kappa shape index (κ1) is 18.1. The van der Waals surface area contributed by atoms with Crippen LogP contribution in [0.1, 0.15) is 19.3 Å². The first-order chi connectivity index (χ1) is 9.93. The van der Waals surface area contributed by atoms with Gasteiger partial charge in [0.25, 0.3) is 0 Å². The average molecular weight is 317 g/mol. The molecule has 0 unspecified atom stereocenters. The molecule has 0 aromatic carbocycles. The van der Waals surface area contributed by atoms with Gasteiger partial charge in [0, 0.05) is 19.6 Å². The summed E-state index contributed by atoms with van der Waals surface area (Å²) in [6.45, 7) is 2.46. The third kappa shape index (κ3) is 6.56. The smallest absolute Gasteiger partial charge is 0.326 e. The van der Waals surface area contributed by atoms with Crippen molar-refractivity contribution in [2.75, 3.05) is 45.7 Å². The van der Waals surface area contributed by atoms with Gasteiger partial charge in [0.2, 0.25) is 0 Å². The molecule has 1 aliphatic heterocycles. The van der Waals surface area contributed by atoms with E-state index in [4.69, 9.17) is 5.11 Å². The van der Waals surface area contributed by atoms with E-state index in [2.05, 4.69) is 24.3 Å². The molecule has 2 N–H and O–H groups in total. The van der Waals surface area contributed by atoms with E-state index in [0.29, 0.717) is 25.4 Å². The molecule has 7 heteroatoms. The number of rotatable bonds is 7. The van der Waals surface area contributed by atoms with E-state index in [0.717, 1.165) is 25.1 Å². The lowest BCUT2D eigenvalue weighted by Gasteiger charge is -2.33. The predicted octanol–water partition coefficient (Wildman–Crippen LogP) is 1.18. The van der Waals surface area contributed by atoms with E-state index >= 15 is 0 Å². The summed E-state index contributed by atoms with van der Waals surface area (Å²) in [7, 11) is 4.12. The van der Waals surface area contributed by atoms with E-state index in [1.807, 2.05) is 6.26 Å². The molecule has 1 rings (SSSR count). The molecule has 0 aliphatic carbocycles. The molecule has 6 nitrogen and oxygen atoms in total. The average Bonchev–Trinajstić information content (AvgIpc) is 2.43. The number of carbonyl (C=O) groups is 2. The monoisotopic (exact) mass is 317 g/mol. The molecule has 1 heterocycles. The third-order valence-corrected chi connectivity index (χ3v) is 4.38. The lowest BCUT2D eigenvalue weighted by atomic mass is 9.96. The Morgan fingerprint density at radius 3 is 2.48 bits per heavy atom. The highest BCUT2D eigenvalue weighted by Crippen LogP contribution is 2.17. The van der Waals surface area contributed by atoms with Crippen molar-refractivity contribution in [3.05, 3.63) is 0 Å². The molecule has 0 aromatic rings. The number of likely N-dealkylation sites (tertiary alicyclic amines) is 1. The highest BCUT2D eigenvalue weighted by atomic mass is 32.2. The standard InChI is InChI=1S/C14H27N3O3S/c1-16(2)10-11-4-7-17(8-5-11)14(20)15-12(13(18)19)6-9-21-3/h11-12H,4-10H2,1-3H3,(H,15,20)(H,18,19)/t12-/m0/s1. The van der Waals surface area contributed by atoms with Gasteiger partial charge >= 0.3 is 12.0 Å². The summed E-state index contributed by atoms with van der Waals surface area (Å²) in [5, 5.41) is 11.8. The van der Waals surface area contributed by atoms with Crippen molar-refractivity contribution in [1.29, 1.82) is 0 Å². The molecule has 21 heavy (non-hydrogen) atoms. The zero-order valence-electron chi connectivity index (χ0n) is 13.2. The van der Waals surface area contributed by atoms with E-state index in [-0.39, 0.29) is 6.03 Å². The Hall–Kier alpha value is -0.950. The van der Waals surface area contributed by atoms with Gasteiger partial charge in [-0.3, -0.25) is 0 Å². The molecular weight excluding hydrogens is 290 g/mol. The quantitative estimate of drug-likeness (QED) is 0.737. The van der Waals surface area contributed by atoms with Gasteiger partial charge in [0.15, 0.2) is 0 Å². The van der Waals surface area contributed by atoms with Gasteiger partial charge < -0.3 is 20.2 Å². The van der Waals surface area contributed by atoms with Gasteiger partial charge in [0.1, 0.15) is 6.04 Å². The summed E-state index contributed by atoms with van der Waals surface area (Å²) in [5.74, 6) is 0.387. The van der Waals surface area contributed by atoms with Crippen LogP contribution in [0.4, 0.5) is 4.79 Å². The number of thioether (sulfide) groups is 1. The summed E-state index contributed by atoms with van der Waals surface area (Å²) in [6.07, 6.45) is 4.35. The van der Waals surface area contributed by atoms with E-state index in [1.54, 1.807) is 16.7 Å². The van der Waals surface area contributed by atoms with Gasteiger partial charge in [-0.2, -0.15) is 11.8 Å². The van der Waals surface area contributed by atoms with Gasteiger partial charge in [-0.1, -0.05) is 0 Å². The van der Waals surface area contributed by atoms with Crippen LogP contribution in [0.3, 0.4) is 0 Å². The minimum Gasteiger partial charge on any atom is -0.480 e. The SMILES string of the molecule is CSCC[C@H](NC(=O)N1CCC(CN(C)C)CC1)C(=O)O. The van der Waals surface area contributed by atoms with Crippen LogP contribution in [0, 0.1) is 5.92 Å². The number of urea groups is 1. The Morgan fingerprint density at radius 2 is 2.00 bits per heavy atom. The molecule has 1 saturated heterocycles. The Bertz CT molecular complexity index is 344. The maximum absolute atomic E-state index is 12.1. The first-order valence-corrected chi connectivity index (χ1v) is 8.75. The molecule has 122 valence electrons. The minimum atomic E-state index is -0.958. The van der Waals surface area contributed by atoms with Crippen LogP contribution in [-0.4, -0.2) is 78.7 Å². The van der Waals surface area contributed by atoms with Crippen LogP contribution < -0.4 is 5.32 Å².